The van der Waals surface area contributed by atoms with Gasteiger partial charge in [0.25, 0.3) is 5.91 Å². The van der Waals surface area contributed by atoms with Gasteiger partial charge >= 0.3 is 6.03 Å². The van der Waals surface area contributed by atoms with Crippen molar-refractivity contribution in [2.75, 3.05) is 39.8 Å². The molecule has 1 fully saturated rings. The van der Waals surface area contributed by atoms with Gasteiger partial charge in [0, 0.05) is 32.2 Å². The summed E-state index contributed by atoms with van der Waals surface area (Å²) in [4.78, 5) is 25.9. The lowest BCUT2D eigenvalue weighted by atomic mass is 9.99. The van der Waals surface area contributed by atoms with Crippen LogP contribution in [0, 0.1) is 5.92 Å². The Bertz CT molecular complexity index is 568. The molecule has 1 aromatic rings. The van der Waals surface area contributed by atoms with Gasteiger partial charge in [-0.25, -0.2) is 4.79 Å². The highest BCUT2D eigenvalue weighted by atomic mass is 16.2. The minimum absolute atomic E-state index is 0.0975. The Morgan fingerprint density at radius 1 is 1.16 bits per heavy atom. The van der Waals surface area contributed by atoms with E-state index in [1.54, 1.807) is 13.1 Å². The van der Waals surface area contributed by atoms with Crippen LogP contribution in [0.5, 0.6) is 0 Å². The number of hydrogen-bond donors (Lipinski definition) is 3. The van der Waals surface area contributed by atoms with Crippen LogP contribution in [0.1, 0.15) is 35.7 Å². The Labute approximate surface area is 150 Å². The highest BCUT2D eigenvalue weighted by molar-refractivity contribution is 5.94. The molecule has 0 saturated carbocycles. The Kier molecular flexibility index (Phi) is 7.73. The molecule has 6 heteroatoms. The first-order valence-electron chi connectivity index (χ1n) is 9.13. The summed E-state index contributed by atoms with van der Waals surface area (Å²) in [5.74, 6) is 0.731. The molecule has 0 radical (unpaired) electrons. The lowest BCUT2D eigenvalue weighted by Gasteiger charge is -2.30. The Balaban J connectivity index is 1.61. The van der Waals surface area contributed by atoms with Crippen molar-refractivity contribution in [1.29, 1.82) is 0 Å². The van der Waals surface area contributed by atoms with E-state index >= 15 is 0 Å². The Morgan fingerprint density at radius 2 is 1.88 bits per heavy atom. The second kappa shape index (κ2) is 10.0. The highest BCUT2D eigenvalue weighted by Crippen LogP contribution is 2.15. The summed E-state index contributed by atoms with van der Waals surface area (Å²) < 4.78 is 0. The number of amides is 3. The molecule has 0 spiro atoms. The zero-order valence-electron chi connectivity index (χ0n) is 15.3. The SMILES string of the molecule is CNC(=O)c1cccc(CCNC(=O)NCCN2CCC(C)CC2)c1. The highest BCUT2D eigenvalue weighted by Gasteiger charge is 2.15. The molecule has 3 amide bonds. The predicted octanol–water partition coefficient (Wildman–Crippen LogP) is 1.62. The zero-order valence-corrected chi connectivity index (χ0v) is 15.3. The summed E-state index contributed by atoms with van der Waals surface area (Å²) >= 11 is 0. The second-order valence-corrected chi connectivity index (χ2v) is 6.74. The molecule has 0 bridgehead atoms. The van der Waals surface area contributed by atoms with Crippen molar-refractivity contribution in [2.24, 2.45) is 5.92 Å². The minimum Gasteiger partial charge on any atom is -0.355 e. The summed E-state index contributed by atoms with van der Waals surface area (Å²) in [6.07, 6.45) is 3.20. The van der Waals surface area contributed by atoms with E-state index < -0.39 is 0 Å². The van der Waals surface area contributed by atoms with Gasteiger partial charge in [-0.1, -0.05) is 19.1 Å². The van der Waals surface area contributed by atoms with Crippen LogP contribution in [-0.2, 0) is 6.42 Å². The molecule has 1 heterocycles. The molecule has 2 rings (SSSR count). The number of urea groups is 1. The lowest BCUT2D eigenvalue weighted by Crippen LogP contribution is -2.42. The number of carbonyl (C=O) groups excluding carboxylic acids is 2. The molecule has 1 aliphatic rings. The fourth-order valence-corrected chi connectivity index (χ4v) is 3.01. The van der Waals surface area contributed by atoms with Crippen LogP contribution in [0.25, 0.3) is 0 Å². The van der Waals surface area contributed by atoms with Gasteiger partial charge in [0.05, 0.1) is 0 Å². The van der Waals surface area contributed by atoms with Crippen LogP contribution in [-0.4, -0.2) is 56.6 Å². The molecule has 25 heavy (non-hydrogen) atoms. The molecule has 0 atom stereocenters. The van der Waals surface area contributed by atoms with Gasteiger partial charge in [-0.3, -0.25) is 4.79 Å². The number of rotatable bonds is 7. The van der Waals surface area contributed by atoms with Gasteiger partial charge in [-0.2, -0.15) is 0 Å². The average Bonchev–Trinajstić information content (AvgIpc) is 2.63. The first-order chi connectivity index (χ1) is 12.1. The topological polar surface area (TPSA) is 73.5 Å². The second-order valence-electron chi connectivity index (χ2n) is 6.74. The molecular weight excluding hydrogens is 316 g/mol. The Hall–Kier alpha value is -2.08. The van der Waals surface area contributed by atoms with Crippen LogP contribution in [0.2, 0.25) is 0 Å². The summed E-state index contributed by atoms with van der Waals surface area (Å²) in [6.45, 7) is 6.69. The van der Waals surface area contributed by atoms with Crippen molar-refractivity contribution in [3.8, 4) is 0 Å². The van der Waals surface area contributed by atoms with Gasteiger partial charge in [0.1, 0.15) is 0 Å². The van der Waals surface area contributed by atoms with Crippen molar-refractivity contribution in [2.45, 2.75) is 26.2 Å². The van der Waals surface area contributed by atoms with E-state index in [1.165, 1.54) is 12.8 Å². The largest absolute Gasteiger partial charge is 0.355 e. The summed E-state index contributed by atoms with van der Waals surface area (Å²) in [5, 5.41) is 8.39. The van der Waals surface area contributed by atoms with Gasteiger partial charge in [0.15, 0.2) is 0 Å². The van der Waals surface area contributed by atoms with Crippen molar-refractivity contribution < 1.29 is 9.59 Å². The van der Waals surface area contributed by atoms with Gasteiger partial charge < -0.3 is 20.9 Å². The van der Waals surface area contributed by atoms with Crippen LogP contribution in [0.4, 0.5) is 4.79 Å². The molecule has 1 aliphatic heterocycles. The van der Waals surface area contributed by atoms with E-state index in [2.05, 4.69) is 27.8 Å². The molecule has 0 aromatic heterocycles. The number of benzene rings is 1. The summed E-state index contributed by atoms with van der Waals surface area (Å²) in [5.41, 5.74) is 1.67. The normalized spacial score (nSPS) is 15.6. The van der Waals surface area contributed by atoms with Crippen molar-refractivity contribution in [1.82, 2.24) is 20.9 Å². The van der Waals surface area contributed by atoms with Crippen LogP contribution in [0.3, 0.4) is 0 Å². The number of piperidine rings is 1. The van der Waals surface area contributed by atoms with E-state index in [4.69, 9.17) is 0 Å². The third-order valence-electron chi connectivity index (χ3n) is 4.71. The Morgan fingerprint density at radius 3 is 2.60 bits per heavy atom. The average molecular weight is 346 g/mol. The fourth-order valence-electron chi connectivity index (χ4n) is 3.01. The molecule has 138 valence electrons. The van der Waals surface area contributed by atoms with E-state index in [9.17, 15) is 9.59 Å². The van der Waals surface area contributed by atoms with E-state index in [-0.39, 0.29) is 11.9 Å². The maximum Gasteiger partial charge on any atom is 0.314 e. The van der Waals surface area contributed by atoms with E-state index in [0.29, 0.717) is 25.1 Å². The maximum absolute atomic E-state index is 11.8. The smallest absolute Gasteiger partial charge is 0.314 e. The molecular formula is C19H30N4O2. The van der Waals surface area contributed by atoms with Crippen molar-refractivity contribution in [3.63, 3.8) is 0 Å². The molecule has 3 N–H and O–H groups in total. The monoisotopic (exact) mass is 346 g/mol. The van der Waals surface area contributed by atoms with Crippen LogP contribution in [0.15, 0.2) is 24.3 Å². The molecule has 1 aromatic carbocycles. The van der Waals surface area contributed by atoms with Gasteiger partial charge in [-0.05, 0) is 56.0 Å². The first kappa shape index (κ1) is 19.2. The summed E-state index contributed by atoms with van der Waals surface area (Å²) in [6, 6.07) is 7.33. The first-order valence-corrected chi connectivity index (χ1v) is 9.13. The minimum atomic E-state index is -0.132. The number of likely N-dealkylation sites (tertiary alicyclic amines) is 1. The number of nitrogens with one attached hydrogen (secondary N) is 3. The van der Waals surface area contributed by atoms with Gasteiger partial charge in [0.2, 0.25) is 0 Å². The standard InChI is InChI=1S/C19H30N4O2/c1-15-7-11-23(12-8-15)13-10-22-19(25)21-9-6-16-4-3-5-17(14-16)18(24)20-2/h3-5,14-15H,6-13H2,1-2H3,(H,20,24)(H2,21,22,25). The number of carbonyl (C=O) groups is 2. The zero-order chi connectivity index (χ0) is 18.1. The number of nitrogens with zero attached hydrogens (tertiary/aromatic N) is 1. The molecule has 6 nitrogen and oxygen atoms in total. The van der Waals surface area contributed by atoms with Crippen LogP contribution >= 0.6 is 0 Å². The lowest BCUT2D eigenvalue weighted by molar-refractivity contribution is 0.0963. The summed E-state index contributed by atoms with van der Waals surface area (Å²) in [7, 11) is 1.62. The van der Waals surface area contributed by atoms with E-state index in [0.717, 1.165) is 31.1 Å². The van der Waals surface area contributed by atoms with Crippen molar-refractivity contribution in [3.05, 3.63) is 35.4 Å². The molecule has 0 unspecified atom stereocenters. The quantitative estimate of drug-likeness (QED) is 0.702. The van der Waals surface area contributed by atoms with Crippen molar-refractivity contribution >= 4 is 11.9 Å². The fraction of sp³-hybridized carbons (Fsp3) is 0.579. The van der Waals surface area contributed by atoms with Crippen LogP contribution < -0.4 is 16.0 Å². The van der Waals surface area contributed by atoms with E-state index in [1.807, 2.05) is 18.2 Å². The third kappa shape index (κ3) is 6.74. The third-order valence-corrected chi connectivity index (χ3v) is 4.71. The van der Waals surface area contributed by atoms with Gasteiger partial charge in [-0.15, -0.1) is 0 Å². The maximum atomic E-state index is 11.8. The molecule has 1 saturated heterocycles. The number of hydrogen-bond acceptors (Lipinski definition) is 3. The molecule has 0 aliphatic carbocycles. The predicted molar refractivity (Wildman–Crippen MR) is 99.8 cm³/mol.